The lowest BCUT2D eigenvalue weighted by Crippen LogP contribution is -2.61. The first-order valence-electron chi connectivity index (χ1n) is 24.4. The highest BCUT2D eigenvalue weighted by Crippen LogP contribution is 2.51. The summed E-state index contributed by atoms with van der Waals surface area (Å²) in [4.78, 5) is 5.16. The Bertz CT molecular complexity index is 3260. The summed E-state index contributed by atoms with van der Waals surface area (Å²) in [6, 6.07) is 50.6. The number of hydrogen-bond donors (Lipinski definition) is 0. The van der Waals surface area contributed by atoms with Gasteiger partial charge in [-0.2, -0.15) is 0 Å². The predicted molar refractivity (Wildman–Crippen MR) is 290 cm³/mol. The number of benzene rings is 7. The highest BCUT2D eigenvalue weighted by atomic mass is 16.3. The van der Waals surface area contributed by atoms with E-state index in [1.165, 1.54) is 67.0 Å². The Labute approximate surface area is 403 Å². The van der Waals surface area contributed by atoms with Crippen molar-refractivity contribution in [1.82, 2.24) is 0 Å². The smallest absolute Gasteiger partial charge is 0.252 e. The number of fused-ring (bicyclic) bond motifs is 6. The molecule has 0 aliphatic carbocycles. The fraction of sp³-hybridized carbons (Fsp3) is 0.270. The maximum Gasteiger partial charge on any atom is 0.252 e. The molecule has 0 bridgehead atoms. The molecule has 0 N–H and O–H groups in total. The summed E-state index contributed by atoms with van der Waals surface area (Å²) in [5.41, 5.74) is 23.3. The maximum atomic E-state index is 6.35. The highest BCUT2D eigenvalue weighted by molar-refractivity contribution is 7.00. The molecule has 7 aromatic carbocycles. The van der Waals surface area contributed by atoms with Gasteiger partial charge in [0.2, 0.25) is 0 Å². The van der Waals surface area contributed by atoms with Gasteiger partial charge in [-0.3, -0.25) is 0 Å². The third kappa shape index (κ3) is 7.03. The van der Waals surface area contributed by atoms with Crippen LogP contribution in [0, 0.1) is 6.92 Å². The van der Waals surface area contributed by atoms with E-state index in [4.69, 9.17) is 8.83 Å². The molecule has 68 heavy (non-hydrogen) atoms. The van der Waals surface area contributed by atoms with E-state index in [1.807, 2.05) is 12.5 Å². The Morgan fingerprint density at radius 3 is 1.10 bits per heavy atom. The van der Waals surface area contributed by atoms with Gasteiger partial charge in [-0.15, -0.1) is 0 Å². The zero-order valence-corrected chi connectivity index (χ0v) is 42.1. The van der Waals surface area contributed by atoms with Crippen molar-refractivity contribution in [3.05, 3.63) is 174 Å². The Hall–Kier alpha value is -6.72. The topological polar surface area (TPSA) is 32.8 Å². The Kier molecular flexibility index (Phi) is 9.76. The summed E-state index contributed by atoms with van der Waals surface area (Å²) in [7, 11) is 0. The quantitative estimate of drug-likeness (QED) is 0.165. The molecule has 0 spiro atoms. The van der Waals surface area contributed by atoms with Crippen molar-refractivity contribution in [3.8, 4) is 22.3 Å². The molecule has 0 radical (unpaired) electrons. The minimum absolute atomic E-state index is 0.0400. The van der Waals surface area contributed by atoms with Gasteiger partial charge < -0.3 is 18.6 Å². The summed E-state index contributed by atoms with van der Waals surface area (Å²) in [5.74, 6) is 0. The zero-order valence-electron chi connectivity index (χ0n) is 42.1. The van der Waals surface area contributed by atoms with Crippen molar-refractivity contribution in [3.63, 3.8) is 0 Å². The first kappa shape index (κ1) is 43.8. The van der Waals surface area contributed by atoms with Crippen LogP contribution in [0.3, 0.4) is 0 Å². The molecule has 0 fully saturated rings. The standard InChI is InChI=1S/C63H63BN2O2/c1-38-30-55-59-56(31-38)66(52-27-23-40(61(5,6)7)33-46(52)48-37-68-58-21-17-15-19-44(48)58)54-29-25-42(63(11,12)13)35-50(54)64(59)49-34-41(62(8,9)10)24-28-53(49)65(55)51-26-22-39(60(2,3)4)32-45(51)47-36-67-57-20-16-14-18-43(47)57/h14-37H,1-13H3. The van der Waals surface area contributed by atoms with Crippen molar-refractivity contribution < 1.29 is 8.83 Å². The van der Waals surface area contributed by atoms with Crippen molar-refractivity contribution in [2.75, 3.05) is 9.80 Å². The van der Waals surface area contributed by atoms with Crippen LogP contribution in [0.2, 0.25) is 0 Å². The minimum atomic E-state index is -0.0721. The van der Waals surface area contributed by atoms with Crippen LogP contribution in [0.15, 0.2) is 155 Å². The molecule has 0 saturated carbocycles. The minimum Gasteiger partial charge on any atom is -0.464 e. The lowest BCUT2D eigenvalue weighted by Gasteiger charge is -2.46. The van der Waals surface area contributed by atoms with E-state index in [2.05, 4.69) is 233 Å². The van der Waals surface area contributed by atoms with Crippen molar-refractivity contribution in [1.29, 1.82) is 0 Å². The van der Waals surface area contributed by atoms with Crippen LogP contribution in [0.4, 0.5) is 34.1 Å². The SMILES string of the molecule is Cc1cc2c3c(c1)N(c1ccc(C(C)(C)C)cc1-c1coc4ccccc14)c1ccc(C(C)(C)C)cc1B3c1cc(C(C)(C)C)ccc1N2c1ccc(C(C)(C)C)cc1-c1coc2ccccc12. The van der Waals surface area contributed by atoms with E-state index >= 15 is 0 Å². The first-order valence-corrected chi connectivity index (χ1v) is 24.4. The van der Waals surface area contributed by atoms with Gasteiger partial charge in [0, 0.05) is 55.8 Å². The molecule has 0 atom stereocenters. The van der Waals surface area contributed by atoms with E-state index in [0.717, 1.165) is 55.6 Å². The summed E-state index contributed by atoms with van der Waals surface area (Å²) in [6.45, 7) is 30.1. The van der Waals surface area contributed by atoms with Gasteiger partial charge in [0.25, 0.3) is 6.71 Å². The fourth-order valence-corrected chi connectivity index (χ4v) is 10.8. The van der Waals surface area contributed by atoms with E-state index < -0.39 is 0 Å². The van der Waals surface area contributed by atoms with Crippen molar-refractivity contribution in [2.45, 2.75) is 112 Å². The molecule has 0 saturated heterocycles. The monoisotopic (exact) mass is 890 g/mol. The average molecular weight is 891 g/mol. The van der Waals surface area contributed by atoms with Crippen LogP contribution in [0.5, 0.6) is 0 Å². The molecular formula is C63H63BN2O2. The second-order valence-corrected chi connectivity index (χ2v) is 23.6. The highest BCUT2D eigenvalue weighted by Gasteiger charge is 2.45. The lowest BCUT2D eigenvalue weighted by molar-refractivity contribution is 0.590. The number of aryl methyl sites for hydroxylation is 1. The van der Waals surface area contributed by atoms with Crippen LogP contribution < -0.4 is 26.2 Å². The number of furan rings is 2. The normalized spacial score (nSPS) is 13.9. The van der Waals surface area contributed by atoms with Crippen LogP contribution in [-0.4, -0.2) is 6.71 Å². The van der Waals surface area contributed by atoms with Gasteiger partial charge in [0.15, 0.2) is 0 Å². The van der Waals surface area contributed by atoms with Gasteiger partial charge in [0.1, 0.15) is 11.2 Å². The van der Waals surface area contributed by atoms with Crippen molar-refractivity contribution >= 4 is 79.2 Å². The fourth-order valence-electron chi connectivity index (χ4n) is 10.8. The molecule has 11 rings (SSSR count). The number of para-hydroxylation sites is 2. The van der Waals surface area contributed by atoms with Gasteiger partial charge in [0.05, 0.1) is 23.9 Å². The summed E-state index contributed by atoms with van der Waals surface area (Å²) < 4.78 is 12.7. The molecule has 0 amide bonds. The zero-order chi connectivity index (χ0) is 47.8. The van der Waals surface area contributed by atoms with Gasteiger partial charge in [-0.25, -0.2) is 0 Å². The third-order valence-electron chi connectivity index (χ3n) is 14.7. The molecule has 0 unspecified atom stereocenters. The summed E-state index contributed by atoms with van der Waals surface area (Å²) >= 11 is 0. The molecule has 4 heterocycles. The van der Waals surface area contributed by atoms with Gasteiger partial charge >= 0.3 is 0 Å². The average Bonchev–Trinajstić information content (AvgIpc) is 3.92. The summed E-state index contributed by atoms with van der Waals surface area (Å²) in [6.07, 6.45) is 3.93. The Balaban J connectivity index is 1.27. The molecule has 9 aromatic rings. The van der Waals surface area contributed by atoms with Crippen LogP contribution >= 0.6 is 0 Å². The number of anilines is 6. The van der Waals surface area contributed by atoms with E-state index in [9.17, 15) is 0 Å². The van der Waals surface area contributed by atoms with E-state index in [-0.39, 0.29) is 28.4 Å². The number of rotatable bonds is 4. The van der Waals surface area contributed by atoms with Crippen LogP contribution in [0.1, 0.15) is 111 Å². The summed E-state index contributed by atoms with van der Waals surface area (Å²) in [5, 5.41) is 2.22. The number of nitrogens with zero attached hydrogens (tertiary/aromatic N) is 2. The van der Waals surface area contributed by atoms with Crippen molar-refractivity contribution in [2.24, 2.45) is 0 Å². The van der Waals surface area contributed by atoms with E-state index in [1.54, 1.807) is 0 Å². The third-order valence-corrected chi connectivity index (χ3v) is 14.7. The molecule has 4 nitrogen and oxygen atoms in total. The molecule has 2 aliphatic rings. The Morgan fingerprint density at radius 2 is 0.721 bits per heavy atom. The Morgan fingerprint density at radius 1 is 0.368 bits per heavy atom. The predicted octanol–water partition coefficient (Wildman–Crippen LogP) is 16.1. The lowest BCUT2D eigenvalue weighted by atomic mass is 9.33. The second-order valence-electron chi connectivity index (χ2n) is 23.6. The molecule has 5 heteroatoms. The molecule has 2 aliphatic heterocycles. The molecular weight excluding hydrogens is 828 g/mol. The van der Waals surface area contributed by atoms with Crippen LogP contribution in [-0.2, 0) is 21.7 Å². The van der Waals surface area contributed by atoms with Crippen LogP contribution in [0.25, 0.3) is 44.2 Å². The largest absolute Gasteiger partial charge is 0.464 e. The second kappa shape index (κ2) is 15.1. The number of hydrogen-bond acceptors (Lipinski definition) is 4. The van der Waals surface area contributed by atoms with Gasteiger partial charge in [-0.05, 0) is 133 Å². The first-order chi connectivity index (χ1) is 32.2. The molecule has 340 valence electrons. The van der Waals surface area contributed by atoms with E-state index in [0.29, 0.717) is 0 Å². The molecule has 2 aromatic heterocycles. The van der Waals surface area contributed by atoms with Gasteiger partial charge in [-0.1, -0.05) is 156 Å². The maximum absolute atomic E-state index is 6.35.